The summed E-state index contributed by atoms with van der Waals surface area (Å²) in [6, 6.07) is 0. The molecule has 0 aromatic heterocycles. The van der Waals surface area contributed by atoms with Crippen molar-refractivity contribution in [2.75, 3.05) is 39.6 Å². The van der Waals surface area contributed by atoms with Crippen molar-refractivity contribution in [2.24, 2.45) is 11.8 Å². The molecule has 0 heterocycles. The number of phosphoric ester groups is 2. The van der Waals surface area contributed by atoms with Crippen LogP contribution >= 0.6 is 15.6 Å². The Hall–Kier alpha value is -1.94. The van der Waals surface area contributed by atoms with Crippen molar-refractivity contribution in [2.45, 2.75) is 432 Å². The molecular formula is C79H154O17P2. The van der Waals surface area contributed by atoms with Crippen LogP contribution in [0.4, 0.5) is 0 Å². The SMILES string of the molecule is CCCCCCCCCCCCCCCCCCC(=O)OC[C@H](COP(=O)(O)OC[C@@H](O)COP(=O)(O)OC[C@@H](COC(=O)CCCCCCCCCCCCC)OC(=O)CCCCCCCCCCCCCCC(C)C)OC(=O)CCCCCCCCCCCCCCCC(C)C. The van der Waals surface area contributed by atoms with E-state index in [4.69, 9.17) is 37.0 Å². The van der Waals surface area contributed by atoms with Gasteiger partial charge < -0.3 is 33.8 Å². The van der Waals surface area contributed by atoms with Gasteiger partial charge in [-0.2, -0.15) is 0 Å². The molecule has 0 amide bonds. The average Bonchev–Trinajstić information content (AvgIpc) is 1.03. The van der Waals surface area contributed by atoms with E-state index in [0.717, 1.165) is 102 Å². The molecule has 3 N–H and O–H groups in total. The summed E-state index contributed by atoms with van der Waals surface area (Å²) in [6.07, 6.45) is 59.5. The first-order valence-electron chi connectivity index (χ1n) is 41.0. The van der Waals surface area contributed by atoms with E-state index >= 15 is 0 Å². The molecule has 582 valence electrons. The number of hydrogen-bond acceptors (Lipinski definition) is 15. The van der Waals surface area contributed by atoms with Gasteiger partial charge in [0, 0.05) is 25.7 Å². The molecule has 17 nitrogen and oxygen atoms in total. The Kier molecular flexibility index (Phi) is 69.3. The van der Waals surface area contributed by atoms with Crippen molar-refractivity contribution in [3.63, 3.8) is 0 Å². The topological polar surface area (TPSA) is 237 Å². The van der Waals surface area contributed by atoms with Crippen LogP contribution in [0.15, 0.2) is 0 Å². The zero-order valence-electron chi connectivity index (χ0n) is 64.1. The Balaban J connectivity index is 5.26. The van der Waals surface area contributed by atoms with Gasteiger partial charge in [-0.1, -0.05) is 363 Å². The molecule has 0 saturated carbocycles. The van der Waals surface area contributed by atoms with Gasteiger partial charge in [-0.3, -0.25) is 37.3 Å². The molecule has 0 saturated heterocycles. The maximum Gasteiger partial charge on any atom is 0.472 e. The van der Waals surface area contributed by atoms with Crippen LogP contribution < -0.4 is 0 Å². The standard InChI is InChI=1S/C79H154O17P2/c1-7-9-11-13-15-17-19-20-21-22-25-32-38-44-50-56-62-77(82)90-68-75(95-78(83)63-57-51-45-39-33-26-23-24-30-35-41-47-53-59-71(3)4)70-94-98(87,88)92-66-73(80)65-91-97(85,86)93-69-74(67-89-76(81)61-55-49-43-37-29-18-16-14-12-10-8-2)96-79(84)64-58-52-46-40-34-28-27-31-36-42-48-54-60-72(5)6/h71-75,80H,7-70H2,1-6H3,(H,85,86)(H,87,88)/t73-,74+,75+/m0/s1. The summed E-state index contributed by atoms with van der Waals surface area (Å²) in [5.41, 5.74) is 0. The second-order valence-corrected chi connectivity index (χ2v) is 32.3. The van der Waals surface area contributed by atoms with E-state index in [-0.39, 0.29) is 25.7 Å². The van der Waals surface area contributed by atoms with Crippen LogP contribution in [0.25, 0.3) is 0 Å². The number of aliphatic hydroxyl groups is 1. The smallest absolute Gasteiger partial charge is 0.462 e. The van der Waals surface area contributed by atoms with Gasteiger partial charge in [0.15, 0.2) is 12.2 Å². The maximum atomic E-state index is 13.1. The average molecular weight is 1440 g/mol. The minimum atomic E-state index is -4.96. The second-order valence-electron chi connectivity index (χ2n) is 29.4. The number of unbranched alkanes of at least 4 members (excludes halogenated alkanes) is 48. The van der Waals surface area contributed by atoms with E-state index in [9.17, 15) is 43.2 Å². The monoisotopic (exact) mass is 1440 g/mol. The van der Waals surface area contributed by atoms with Crippen LogP contribution in [-0.2, 0) is 65.4 Å². The fourth-order valence-corrected chi connectivity index (χ4v) is 13.8. The lowest BCUT2D eigenvalue weighted by Crippen LogP contribution is -2.30. The third-order valence-corrected chi connectivity index (χ3v) is 20.4. The number of hydrogen-bond donors (Lipinski definition) is 3. The summed E-state index contributed by atoms with van der Waals surface area (Å²) < 4.78 is 68.7. The summed E-state index contributed by atoms with van der Waals surface area (Å²) >= 11 is 0. The Morgan fingerprint density at radius 3 is 0.694 bits per heavy atom. The lowest BCUT2D eigenvalue weighted by atomic mass is 10.0. The van der Waals surface area contributed by atoms with Crippen molar-refractivity contribution in [1.29, 1.82) is 0 Å². The van der Waals surface area contributed by atoms with E-state index in [1.807, 2.05) is 0 Å². The van der Waals surface area contributed by atoms with Gasteiger partial charge in [-0.15, -0.1) is 0 Å². The lowest BCUT2D eigenvalue weighted by molar-refractivity contribution is -0.161. The van der Waals surface area contributed by atoms with Crippen LogP contribution in [0.2, 0.25) is 0 Å². The summed E-state index contributed by atoms with van der Waals surface area (Å²) in [6.45, 7) is 9.65. The third kappa shape index (κ3) is 72.4. The van der Waals surface area contributed by atoms with E-state index in [0.29, 0.717) is 25.7 Å². The number of ether oxygens (including phenoxy) is 4. The summed E-state index contributed by atoms with van der Waals surface area (Å²) in [7, 11) is -9.92. The Morgan fingerprint density at radius 2 is 0.469 bits per heavy atom. The zero-order chi connectivity index (χ0) is 72.1. The molecule has 0 bridgehead atoms. The molecule has 0 aliphatic carbocycles. The van der Waals surface area contributed by atoms with Crippen LogP contribution in [0.5, 0.6) is 0 Å². The highest BCUT2D eigenvalue weighted by atomic mass is 31.2. The number of carbonyl (C=O) groups is 4. The summed E-state index contributed by atoms with van der Waals surface area (Å²) in [4.78, 5) is 73.0. The number of rotatable bonds is 78. The Labute approximate surface area is 600 Å². The van der Waals surface area contributed by atoms with Crippen LogP contribution in [0.1, 0.15) is 414 Å². The van der Waals surface area contributed by atoms with E-state index in [1.165, 1.54) is 231 Å². The van der Waals surface area contributed by atoms with Crippen molar-refractivity contribution in [1.82, 2.24) is 0 Å². The van der Waals surface area contributed by atoms with Crippen molar-refractivity contribution in [3.8, 4) is 0 Å². The molecule has 0 fully saturated rings. The van der Waals surface area contributed by atoms with Crippen LogP contribution in [0.3, 0.4) is 0 Å². The molecule has 0 aromatic carbocycles. The highest BCUT2D eigenvalue weighted by Gasteiger charge is 2.30. The van der Waals surface area contributed by atoms with Gasteiger partial charge in [0.05, 0.1) is 26.4 Å². The van der Waals surface area contributed by atoms with Gasteiger partial charge in [0.2, 0.25) is 0 Å². The van der Waals surface area contributed by atoms with Gasteiger partial charge >= 0.3 is 39.5 Å². The van der Waals surface area contributed by atoms with Crippen molar-refractivity contribution < 1.29 is 80.2 Å². The van der Waals surface area contributed by atoms with Crippen LogP contribution in [-0.4, -0.2) is 96.7 Å². The quantitative estimate of drug-likeness (QED) is 0.0222. The molecule has 2 unspecified atom stereocenters. The minimum absolute atomic E-state index is 0.107. The van der Waals surface area contributed by atoms with Gasteiger partial charge in [0.1, 0.15) is 19.3 Å². The second kappa shape index (κ2) is 70.7. The number of carbonyl (C=O) groups excluding carboxylic acids is 4. The molecule has 0 spiro atoms. The third-order valence-electron chi connectivity index (χ3n) is 18.5. The molecule has 5 atom stereocenters. The minimum Gasteiger partial charge on any atom is -0.462 e. The van der Waals surface area contributed by atoms with E-state index in [2.05, 4.69) is 41.5 Å². The Morgan fingerprint density at radius 1 is 0.276 bits per heavy atom. The first kappa shape index (κ1) is 96.1. The first-order valence-corrected chi connectivity index (χ1v) is 44.0. The molecule has 0 aliphatic heterocycles. The first-order chi connectivity index (χ1) is 47.4. The largest absolute Gasteiger partial charge is 0.472 e. The fraction of sp³-hybridized carbons (Fsp3) is 0.949. The van der Waals surface area contributed by atoms with Gasteiger partial charge in [0.25, 0.3) is 0 Å². The molecule has 0 rings (SSSR count). The number of aliphatic hydroxyl groups excluding tert-OH is 1. The van der Waals surface area contributed by atoms with Crippen LogP contribution in [0, 0.1) is 11.8 Å². The number of esters is 4. The predicted molar refractivity (Wildman–Crippen MR) is 400 cm³/mol. The van der Waals surface area contributed by atoms with Crippen molar-refractivity contribution in [3.05, 3.63) is 0 Å². The molecule has 0 radical (unpaired) electrons. The van der Waals surface area contributed by atoms with Crippen molar-refractivity contribution >= 4 is 39.5 Å². The Bertz CT molecular complexity index is 1890. The van der Waals surface area contributed by atoms with E-state index < -0.39 is 97.5 Å². The zero-order valence-corrected chi connectivity index (χ0v) is 65.9. The molecule has 98 heavy (non-hydrogen) atoms. The highest BCUT2D eigenvalue weighted by molar-refractivity contribution is 7.47. The highest BCUT2D eigenvalue weighted by Crippen LogP contribution is 2.45. The molecule has 0 aliphatic rings. The molecule has 19 heteroatoms. The molecule has 0 aromatic rings. The fourth-order valence-electron chi connectivity index (χ4n) is 12.2. The molecular weight excluding hydrogens is 1280 g/mol. The van der Waals surface area contributed by atoms with Gasteiger partial charge in [-0.25, -0.2) is 9.13 Å². The summed E-state index contributed by atoms with van der Waals surface area (Å²) in [5.74, 6) is -0.546. The summed E-state index contributed by atoms with van der Waals surface area (Å²) in [5, 5.41) is 10.6. The predicted octanol–water partition coefficient (Wildman–Crippen LogP) is 23.5. The lowest BCUT2D eigenvalue weighted by Gasteiger charge is -2.21. The van der Waals surface area contributed by atoms with E-state index in [1.54, 1.807) is 0 Å². The normalized spacial score (nSPS) is 13.9. The number of phosphoric acid groups is 2. The maximum absolute atomic E-state index is 13.1. The van der Waals surface area contributed by atoms with Gasteiger partial charge in [-0.05, 0) is 37.5 Å².